The van der Waals surface area contributed by atoms with Crippen LogP contribution >= 0.6 is 11.6 Å². The normalized spacial score (nSPS) is 13.0. The molecule has 0 saturated carbocycles. The molecule has 2 aromatic carbocycles. The van der Waals surface area contributed by atoms with Crippen molar-refractivity contribution >= 4 is 27.3 Å². The largest absolute Gasteiger partial charge is 0.397 e. The van der Waals surface area contributed by atoms with Gasteiger partial charge < -0.3 is 10.8 Å². The fourth-order valence-corrected chi connectivity index (χ4v) is 2.94. The number of benzene rings is 2. The van der Waals surface area contributed by atoms with Crippen molar-refractivity contribution in [3.05, 3.63) is 59.1 Å². The number of nitrogens with two attached hydrogens (primary N) is 1. The summed E-state index contributed by atoms with van der Waals surface area (Å²) in [4.78, 5) is 0.00432. The SMILES string of the molecule is Nc1cc(S(=O)(=O)NCC(O)c2ccccc2)ccc1Cl. The van der Waals surface area contributed by atoms with Gasteiger partial charge in [-0.05, 0) is 23.8 Å². The first-order chi connectivity index (χ1) is 9.90. The number of hydrogen-bond acceptors (Lipinski definition) is 4. The third-order valence-corrected chi connectivity index (χ3v) is 4.69. The molecule has 2 aromatic rings. The minimum absolute atomic E-state index is 0.00432. The van der Waals surface area contributed by atoms with Gasteiger partial charge in [-0.15, -0.1) is 0 Å². The number of nitrogen functional groups attached to an aromatic ring is 1. The fraction of sp³-hybridized carbons (Fsp3) is 0.143. The number of aliphatic hydroxyl groups excluding tert-OH is 1. The Morgan fingerprint density at radius 3 is 2.48 bits per heavy atom. The monoisotopic (exact) mass is 326 g/mol. The summed E-state index contributed by atoms with van der Waals surface area (Å²) < 4.78 is 26.6. The zero-order valence-electron chi connectivity index (χ0n) is 11.0. The van der Waals surface area contributed by atoms with E-state index in [1.165, 1.54) is 18.2 Å². The molecule has 0 radical (unpaired) electrons. The number of sulfonamides is 1. The Bertz CT molecular complexity index is 720. The predicted molar refractivity (Wildman–Crippen MR) is 82.5 cm³/mol. The lowest BCUT2D eigenvalue weighted by atomic mass is 10.1. The molecule has 0 aliphatic carbocycles. The quantitative estimate of drug-likeness (QED) is 0.732. The van der Waals surface area contributed by atoms with Gasteiger partial charge in [-0.25, -0.2) is 13.1 Å². The van der Waals surface area contributed by atoms with Crippen molar-refractivity contribution in [2.75, 3.05) is 12.3 Å². The number of hydrogen-bond donors (Lipinski definition) is 3. The molecule has 1 atom stereocenters. The zero-order chi connectivity index (χ0) is 15.5. The van der Waals surface area contributed by atoms with Gasteiger partial charge in [0.05, 0.1) is 21.7 Å². The number of nitrogens with one attached hydrogen (secondary N) is 1. The van der Waals surface area contributed by atoms with Crippen LogP contribution in [0.2, 0.25) is 5.02 Å². The van der Waals surface area contributed by atoms with E-state index >= 15 is 0 Å². The second kappa shape index (κ2) is 6.44. The van der Waals surface area contributed by atoms with E-state index < -0.39 is 16.1 Å². The molecule has 0 heterocycles. The fourth-order valence-electron chi connectivity index (χ4n) is 1.75. The van der Waals surface area contributed by atoms with Crippen LogP contribution in [-0.2, 0) is 10.0 Å². The van der Waals surface area contributed by atoms with Gasteiger partial charge in [0, 0.05) is 6.54 Å². The standard InChI is InChI=1S/C14H15ClN2O3S/c15-12-7-6-11(8-13(12)16)21(19,20)17-9-14(18)10-4-2-1-3-5-10/h1-8,14,17-18H,9,16H2. The van der Waals surface area contributed by atoms with E-state index in [1.807, 2.05) is 6.07 Å². The lowest BCUT2D eigenvalue weighted by Crippen LogP contribution is -2.28. The van der Waals surface area contributed by atoms with Crippen molar-refractivity contribution in [2.24, 2.45) is 0 Å². The van der Waals surface area contributed by atoms with Crippen molar-refractivity contribution in [2.45, 2.75) is 11.0 Å². The van der Waals surface area contributed by atoms with E-state index in [-0.39, 0.29) is 17.1 Å². The maximum absolute atomic E-state index is 12.1. The summed E-state index contributed by atoms with van der Waals surface area (Å²) in [6.07, 6.45) is -0.925. The summed E-state index contributed by atoms with van der Waals surface area (Å²) in [5.41, 5.74) is 6.41. The van der Waals surface area contributed by atoms with E-state index in [0.717, 1.165) is 0 Å². The van der Waals surface area contributed by atoms with E-state index in [0.29, 0.717) is 10.6 Å². The topological polar surface area (TPSA) is 92.4 Å². The average molecular weight is 327 g/mol. The Labute approximate surface area is 128 Å². The van der Waals surface area contributed by atoms with Crippen molar-refractivity contribution < 1.29 is 13.5 Å². The van der Waals surface area contributed by atoms with Crippen LogP contribution in [0.1, 0.15) is 11.7 Å². The Kier molecular flexibility index (Phi) is 4.84. The maximum atomic E-state index is 12.1. The smallest absolute Gasteiger partial charge is 0.240 e. The molecule has 0 spiro atoms. The minimum Gasteiger partial charge on any atom is -0.397 e. The highest BCUT2D eigenvalue weighted by Gasteiger charge is 2.17. The summed E-state index contributed by atoms with van der Waals surface area (Å²) in [5, 5.41) is 10.2. The van der Waals surface area contributed by atoms with E-state index in [4.69, 9.17) is 17.3 Å². The van der Waals surface area contributed by atoms with Gasteiger partial charge in [-0.1, -0.05) is 41.9 Å². The van der Waals surface area contributed by atoms with Crippen molar-refractivity contribution in [1.29, 1.82) is 0 Å². The molecule has 112 valence electrons. The lowest BCUT2D eigenvalue weighted by Gasteiger charge is -2.13. The first-order valence-electron chi connectivity index (χ1n) is 6.18. The molecule has 1 unspecified atom stereocenters. The molecular formula is C14H15ClN2O3S. The highest BCUT2D eigenvalue weighted by atomic mass is 35.5. The van der Waals surface area contributed by atoms with E-state index in [2.05, 4.69) is 4.72 Å². The highest BCUT2D eigenvalue weighted by Crippen LogP contribution is 2.22. The van der Waals surface area contributed by atoms with E-state index in [9.17, 15) is 13.5 Å². The maximum Gasteiger partial charge on any atom is 0.240 e. The van der Waals surface area contributed by atoms with Gasteiger partial charge in [0.25, 0.3) is 0 Å². The van der Waals surface area contributed by atoms with Gasteiger partial charge in [-0.2, -0.15) is 0 Å². The van der Waals surface area contributed by atoms with Crippen molar-refractivity contribution in [3.8, 4) is 0 Å². The van der Waals surface area contributed by atoms with Crippen LogP contribution in [-0.4, -0.2) is 20.1 Å². The molecule has 5 nitrogen and oxygen atoms in total. The third-order valence-electron chi connectivity index (χ3n) is 2.93. The van der Waals surface area contributed by atoms with Crippen LogP contribution in [0, 0.1) is 0 Å². The Morgan fingerprint density at radius 1 is 1.19 bits per heavy atom. The molecule has 0 aliphatic rings. The molecular weight excluding hydrogens is 312 g/mol. The summed E-state index contributed by atoms with van der Waals surface area (Å²) in [7, 11) is -3.75. The molecule has 0 fully saturated rings. The number of halogens is 1. The number of anilines is 1. The molecule has 7 heteroatoms. The molecule has 21 heavy (non-hydrogen) atoms. The van der Waals surface area contributed by atoms with Gasteiger partial charge in [-0.3, -0.25) is 0 Å². The van der Waals surface area contributed by atoms with Gasteiger partial charge in [0.1, 0.15) is 0 Å². The van der Waals surface area contributed by atoms with E-state index in [1.54, 1.807) is 24.3 Å². The lowest BCUT2D eigenvalue weighted by molar-refractivity contribution is 0.182. The summed E-state index contributed by atoms with van der Waals surface area (Å²) in [6, 6.07) is 12.9. The molecule has 0 aromatic heterocycles. The summed E-state index contributed by atoms with van der Waals surface area (Å²) >= 11 is 5.76. The van der Waals surface area contributed by atoms with Crippen molar-refractivity contribution in [3.63, 3.8) is 0 Å². The number of aliphatic hydroxyl groups is 1. The van der Waals surface area contributed by atoms with Crippen LogP contribution in [0.25, 0.3) is 0 Å². The average Bonchev–Trinajstić information content (AvgIpc) is 2.48. The Hall–Kier alpha value is -1.60. The third kappa shape index (κ3) is 3.95. The van der Waals surface area contributed by atoms with Crippen LogP contribution in [0.3, 0.4) is 0 Å². The highest BCUT2D eigenvalue weighted by molar-refractivity contribution is 7.89. The van der Waals surface area contributed by atoms with Crippen LogP contribution in [0.15, 0.2) is 53.4 Å². The minimum atomic E-state index is -3.75. The molecule has 0 amide bonds. The summed E-state index contributed by atoms with van der Waals surface area (Å²) in [5.74, 6) is 0. The second-order valence-electron chi connectivity index (χ2n) is 4.46. The molecule has 4 N–H and O–H groups in total. The molecule has 2 rings (SSSR count). The Morgan fingerprint density at radius 2 is 1.86 bits per heavy atom. The molecule has 0 bridgehead atoms. The molecule has 0 aliphatic heterocycles. The van der Waals surface area contributed by atoms with Crippen molar-refractivity contribution in [1.82, 2.24) is 4.72 Å². The summed E-state index contributed by atoms with van der Waals surface area (Å²) in [6.45, 7) is -0.130. The van der Waals surface area contributed by atoms with Crippen LogP contribution in [0.4, 0.5) is 5.69 Å². The van der Waals surface area contributed by atoms with Gasteiger partial charge in [0.2, 0.25) is 10.0 Å². The first-order valence-corrected chi connectivity index (χ1v) is 8.04. The predicted octanol–water partition coefficient (Wildman–Crippen LogP) is 1.93. The number of rotatable bonds is 5. The molecule has 0 saturated heterocycles. The van der Waals surface area contributed by atoms with Crippen LogP contribution < -0.4 is 10.5 Å². The second-order valence-corrected chi connectivity index (χ2v) is 6.64. The zero-order valence-corrected chi connectivity index (χ0v) is 12.6. The van der Waals surface area contributed by atoms with Gasteiger partial charge in [0.15, 0.2) is 0 Å². The Balaban J connectivity index is 2.09. The van der Waals surface area contributed by atoms with Crippen LogP contribution in [0.5, 0.6) is 0 Å². The first kappa shape index (κ1) is 15.8. The van der Waals surface area contributed by atoms with Gasteiger partial charge >= 0.3 is 0 Å².